The molecule has 0 saturated heterocycles. The normalized spacial score (nSPS) is 36.3. The molecule has 3 aliphatic carbocycles. The van der Waals surface area contributed by atoms with Crippen LogP contribution in [0.1, 0.15) is 58.3 Å². The number of carboxylic acid groups (broad SMARTS) is 1. The molecule has 3 fully saturated rings. The zero-order valence-electron chi connectivity index (χ0n) is 14.9. The van der Waals surface area contributed by atoms with E-state index in [4.69, 9.17) is 9.84 Å². The van der Waals surface area contributed by atoms with Crippen molar-refractivity contribution in [1.82, 2.24) is 4.90 Å². The van der Waals surface area contributed by atoms with E-state index in [1.807, 2.05) is 0 Å². The number of likely N-dealkylation sites (N-methyl/N-ethyl adjacent to an activating group) is 1. The van der Waals surface area contributed by atoms with Crippen LogP contribution >= 0.6 is 0 Å². The summed E-state index contributed by atoms with van der Waals surface area (Å²) < 4.78 is 5.58. The second-order valence-electron chi connectivity index (χ2n) is 8.09. The van der Waals surface area contributed by atoms with Crippen LogP contribution < -0.4 is 0 Å². The van der Waals surface area contributed by atoms with E-state index in [0.29, 0.717) is 24.4 Å². The van der Waals surface area contributed by atoms with E-state index >= 15 is 0 Å². The van der Waals surface area contributed by atoms with Crippen molar-refractivity contribution in [3.63, 3.8) is 0 Å². The first-order valence-electron chi connectivity index (χ1n) is 9.63. The third-order valence-electron chi connectivity index (χ3n) is 7.03. The van der Waals surface area contributed by atoms with Crippen LogP contribution in [0.15, 0.2) is 0 Å². The number of nitrogens with zero attached hydrogens (tertiary/aromatic N) is 1. The summed E-state index contributed by atoms with van der Waals surface area (Å²) in [5.41, 5.74) is 0. The molecule has 0 aliphatic heterocycles. The van der Waals surface area contributed by atoms with E-state index < -0.39 is 18.1 Å². The fraction of sp³-hybridized carbons (Fsp3) is 0.895. The summed E-state index contributed by atoms with van der Waals surface area (Å²) in [6.45, 7) is 1.98. The number of aliphatic carboxylic acids is 1. The molecule has 0 aromatic rings. The van der Waals surface area contributed by atoms with Crippen molar-refractivity contribution in [2.24, 2.45) is 29.6 Å². The first kappa shape index (κ1) is 17.6. The summed E-state index contributed by atoms with van der Waals surface area (Å²) in [5, 5.41) is 9.04. The molecule has 5 atom stereocenters. The summed E-state index contributed by atoms with van der Waals surface area (Å²) >= 11 is 0. The van der Waals surface area contributed by atoms with Crippen LogP contribution in [0.5, 0.6) is 0 Å². The lowest BCUT2D eigenvalue weighted by molar-refractivity contribution is -0.141. The lowest BCUT2D eigenvalue weighted by Gasteiger charge is -2.32. The van der Waals surface area contributed by atoms with E-state index in [1.54, 1.807) is 0 Å². The van der Waals surface area contributed by atoms with E-state index in [9.17, 15) is 9.59 Å². The largest absolute Gasteiger partial charge is 0.480 e. The smallest absolute Gasteiger partial charge is 0.410 e. The minimum absolute atomic E-state index is 0.470. The Kier molecular flexibility index (Phi) is 5.36. The number of fused-ring (bicyclic) bond motifs is 3. The third-order valence-corrected chi connectivity index (χ3v) is 7.03. The predicted octanol–water partition coefficient (Wildman–Crippen LogP) is 3.77. The van der Waals surface area contributed by atoms with Crippen molar-refractivity contribution in [2.45, 2.75) is 64.3 Å². The summed E-state index contributed by atoms with van der Waals surface area (Å²) in [5.74, 6) is 2.57. The van der Waals surface area contributed by atoms with Gasteiger partial charge in [-0.3, -0.25) is 4.90 Å². The zero-order valence-corrected chi connectivity index (χ0v) is 14.9. The number of carbonyl (C=O) groups is 2. The molecule has 3 rings (SSSR count). The third kappa shape index (κ3) is 3.27. The second kappa shape index (κ2) is 7.32. The molecule has 136 valence electrons. The van der Waals surface area contributed by atoms with Crippen LogP contribution in [0.2, 0.25) is 0 Å². The quantitative estimate of drug-likeness (QED) is 0.848. The Bertz CT molecular complexity index is 458. The minimum atomic E-state index is -1.00. The number of hydrogen-bond donors (Lipinski definition) is 1. The lowest BCUT2D eigenvalue weighted by Crippen LogP contribution is -2.41. The van der Waals surface area contributed by atoms with Gasteiger partial charge in [0, 0.05) is 7.05 Å². The number of hydrogen-bond acceptors (Lipinski definition) is 3. The van der Waals surface area contributed by atoms with Gasteiger partial charge < -0.3 is 9.84 Å². The molecular weight excluding hydrogens is 306 g/mol. The first-order valence-corrected chi connectivity index (χ1v) is 9.63. The maximum Gasteiger partial charge on any atom is 0.410 e. The SMILES string of the molecule is CC(C(=O)O)N(C)C(=O)OCC1C2CCCCC2C2CCCCC21. The van der Waals surface area contributed by atoms with Crippen molar-refractivity contribution in [2.75, 3.05) is 13.7 Å². The molecule has 0 aromatic carbocycles. The highest BCUT2D eigenvalue weighted by Gasteiger charge is 2.51. The van der Waals surface area contributed by atoms with Crippen LogP contribution in [-0.4, -0.2) is 41.8 Å². The minimum Gasteiger partial charge on any atom is -0.480 e. The molecule has 0 bridgehead atoms. The molecule has 5 unspecified atom stereocenters. The molecule has 24 heavy (non-hydrogen) atoms. The van der Waals surface area contributed by atoms with Crippen LogP contribution in [0.3, 0.4) is 0 Å². The lowest BCUT2D eigenvalue weighted by atomic mass is 9.73. The van der Waals surface area contributed by atoms with Gasteiger partial charge in [0.25, 0.3) is 0 Å². The van der Waals surface area contributed by atoms with Crippen LogP contribution in [0, 0.1) is 29.6 Å². The van der Waals surface area contributed by atoms with Crippen molar-refractivity contribution in [3.05, 3.63) is 0 Å². The number of carbonyl (C=O) groups excluding carboxylic acids is 1. The zero-order chi connectivity index (χ0) is 17.3. The Hall–Kier alpha value is -1.26. The van der Waals surface area contributed by atoms with Crippen molar-refractivity contribution in [3.8, 4) is 0 Å². The molecule has 1 amide bonds. The molecule has 0 heterocycles. The van der Waals surface area contributed by atoms with E-state index in [-0.39, 0.29) is 0 Å². The van der Waals surface area contributed by atoms with Crippen LogP contribution in [0.25, 0.3) is 0 Å². The highest BCUT2D eigenvalue weighted by atomic mass is 16.6. The van der Waals surface area contributed by atoms with Gasteiger partial charge in [-0.2, -0.15) is 0 Å². The number of rotatable bonds is 4. The molecule has 0 radical (unpaired) electrons. The Labute approximate surface area is 144 Å². The highest BCUT2D eigenvalue weighted by Crippen LogP contribution is 2.57. The summed E-state index contributed by atoms with van der Waals surface area (Å²) in [7, 11) is 1.50. The predicted molar refractivity (Wildman–Crippen MR) is 90.6 cm³/mol. The summed E-state index contributed by atoms with van der Waals surface area (Å²) in [6.07, 6.45) is 10.1. The Morgan fingerprint density at radius 3 is 1.92 bits per heavy atom. The van der Waals surface area contributed by atoms with Gasteiger partial charge in [0.05, 0.1) is 6.61 Å². The van der Waals surface area contributed by atoms with Crippen LogP contribution in [-0.2, 0) is 9.53 Å². The first-order chi connectivity index (χ1) is 11.5. The van der Waals surface area contributed by atoms with Crippen molar-refractivity contribution < 1.29 is 19.4 Å². The topological polar surface area (TPSA) is 66.8 Å². The fourth-order valence-corrected chi connectivity index (χ4v) is 5.66. The van der Waals surface area contributed by atoms with Gasteiger partial charge in [0.15, 0.2) is 0 Å². The van der Waals surface area contributed by atoms with E-state index in [2.05, 4.69) is 0 Å². The Morgan fingerprint density at radius 1 is 1.00 bits per heavy atom. The number of ether oxygens (including phenoxy) is 1. The Balaban J connectivity index is 1.63. The summed E-state index contributed by atoms with van der Waals surface area (Å²) in [6, 6.07) is -0.856. The van der Waals surface area contributed by atoms with Gasteiger partial charge in [-0.25, -0.2) is 9.59 Å². The monoisotopic (exact) mass is 337 g/mol. The molecule has 3 saturated carbocycles. The van der Waals surface area contributed by atoms with Gasteiger partial charge in [-0.15, -0.1) is 0 Å². The van der Waals surface area contributed by atoms with Gasteiger partial charge in [-0.05, 0) is 62.2 Å². The highest BCUT2D eigenvalue weighted by molar-refractivity contribution is 5.79. The average molecular weight is 337 g/mol. The molecule has 3 aliphatic rings. The van der Waals surface area contributed by atoms with Gasteiger partial charge in [0.1, 0.15) is 6.04 Å². The molecule has 1 N–H and O–H groups in total. The molecule has 0 aromatic heterocycles. The van der Waals surface area contributed by atoms with E-state index in [0.717, 1.165) is 11.8 Å². The number of amides is 1. The van der Waals surface area contributed by atoms with Crippen LogP contribution in [0.4, 0.5) is 4.79 Å². The van der Waals surface area contributed by atoms with Gasteiger partial charge in [-0.1, -0.05) is 25.7 Å². The van der Waals surface area contributed by atoms with Crippen molar-refractivity contribution in [1.29, 1.82) is 0 Å². The molecule has 5 nitrogen and oxygen atoms in total. The van der Waals surface area contributed by atoms with Gasteiger partial charge >= 0.3 is 12.1 Å². The maximum absolute atomic E-state index is 12.2. The molecule has 5 heteroatoms. The fourth-order valence-electron chi connectivity index (χ4n) is 5.66. The average Bonchev–Trinajstić information content (AvgIpc) is 2.92. The summed E-state index contributed by atoms with van der Waals surface area (Å²) in [4.78, 5) is 24.4. The second-order valence-corrected chi connectivity index (χ2v) is 8.09. The Morgan fingerprint density at radius 2 is 1.46 bits per heavy atom. The number of carboxylic acids is 1. The van der Waals surface area contributed by atoms with Crippen molar-refractivity contribution >= 4 is 12.1 Å². The van der Waals surface area contributed by atoms with E-state index in [1.165, 1.54) is 70.2 Å². The molecule has 0 spiro atoms. The standard InChI is InChI=1S/C19H31NO4/c1-12(18(21)22)20(2)19(23)24-11-17-15-9-5-3-7-13(15)14-8-4-6-10-16(14)17/h12-17H,3-11H2,1-2H3,(H,21,22). The maximum atomic E-state index is 12.2. The van der Waals surface area contributed by atoms with Gasteiger partial charge in [0.2, 0.25) is 0 Å². The molecular formula is C19H31NO4.